The first-order chi connectivity index (χ1) is 7.06. The number of aryl methyl sites for hydroxylation is 1. The number of carboxylic acids is 1. The lowest BCUT2D eigenvalue weighted by Gasteiger charge is -2.05. The van der Waals surface area contributed by atoms with Gasteiger partial charge in [0.05, 0.1) is 17.1 Å². The lowest BCUT2D eigenvalue weighted by Crippen LogP contribution is -2.14. The molecule has 0 saturated carbocycles. The Labute approximate surface area is 88.1 Å². The fraction of sp³-hybridized carbons (Fsp3) is 0.556. The van der Waals surface area contributed by atoms with Gasteiger partial charge in [0.15, 0.2) is 0 Å². The third-order valence-corrected chi connectivity index (χ3v) is 2.11. The number of nitrogens with two attached hydrogens (primary N) is 1. The SMILES string of the molecule is Cc1nn(CC(=O)O)c(C)c1NCCN. The van der Waals surface area contributed by atoms with Crippen LogP contribution in [0.5, 0.6) is 0 Å². The molecule has 1 heterocycles. The van der Waals surface area contributed by atoms with Crippen molar-refractivity contribution in [2.24, 2.45) is 5.73 Å². The minimum absolute atomic E-state index is 0.114. The molecule has 0 radical (unpaired) electrons. The predicted molar refractivity (Wildman–Crippen MR) is 56.9 cm³/mol. The number of anilines is 1. The lowest BCUT2D eigenvalue weighted by atomic mass is 10.3. The summed E-state index contributed by atoms with van der Waals surface area (Å²) in [5, 5.41) is 15.9. The molecule has 1 rings (SSSR count). The summed E-state index contributed by atoms with van der Waals surface area (Å²) in [6.07, 6.45) is 0. The smallest absolute Gasteiger partial charge is 0.325 e. The fourth-order valence-electron chi connectivity index (χ4n) is 1.43. The molecular formula is C9H16N4O2. The Morgan fingerprint density at radius 2 is 2.27 bits per heavy atom. The number of nitrogens with zero attached hydrogens (tertiary/aromatic N) is 2. The second-order valence-electron chi connectivity index (χ2n) is 3.31. The minimum atomic E-state index is -0.897. The third kappa shape index (κ3) is 2.69. The van der Waals surface area contributed by atoms with Crippen molar-refractivity contribution in [3.63, 3.8) is 0 Å². The largest absolute Gasteiger partial charge is 0.480 e. The van der Waals surface area contributed by atoms with Gasteiger partial charge in [-0.15, -0.1) is 0 Å². The van der Waals surface area contributed by atoms with Gasteiger partial charge in [0.25, 0.3) is 0 Å². The monoisotopic (exact) mass is 212 g/mol. The highest BCUT2D eigenvalue weighted by atomic mass is 16.4. The Balaban J connectivity index is 2.87. The summed E-state index contributed by atoms with van der Waals surface area (Å²) in [4.78, 5) is 10.6. The molecule has 0 aliphatic heterocycles. The van der Waals surface area contributed by atoms with E-state index in [1.807, 2.05) is 13.8 Å². The number of aromatic nitrogens is 2. The van der Waals surface area contributed by atoms with E-state index in [2.05, 4.69) is 10.4 Å². The highest BCUT2D eigenvalue weighted by Crippen LogP contribution is 2.18. The maximum absolute atomic E-state index is 10.6. The van der Waals surface area contributed by atoms with Gasteiger partial charge in [-0.3, -0.25) is 9.48 Å². The van der Waals surface area contributed by atoms with E-state index in [4.69, 9.17) is 10.8 Å². The van der Waals surface area contributed by atoms with Crippen LogP contribution < -0.4 is 11.1 Å². The topological polar surface area (TPSA) is 93.2 Å². The Morgan fingerprint density at radius 1 is 1.60 bits per heavy atom. The van der Waals surface area contributed by atoms with Gasteiger partial charge in [0.1, 0.15) is 6.54 Å². The quantitative estimate of drug-likeness (QED) is 0.636. The number of aliphatic carboxylic acids is 1. The molecule has 0 bridgehead atoms. The van der Waals surface area contributed by atoms with Gasteiger partial charge in [-0.2, -0.15) is 5.10 Å². The zero-order valence-corrected chi connectivity index (χ0v) is 8.95. The summed E-state index contributed by atoms with van der Waals surface area (Å²) >= 11 is 0. The first-order valence-corrected chi connectivity index (χ1v) is 4.76. The summed E-state index contributed by atoms with van der Waals surface area (Å²) in [7, 11) is 0. The molecule has 0 amide bonds. The zero-order chi connectivity index (χ0) is 11.4. The molecule has 1 aromatic heterocycles. The van der Waals surface area contributed by atoms with Gasteiger partial charge in [-0.1, -0.05) is 0 Å². The summed E-state index contributed by atoms with van der Waals surface area (Å²) in [6.45, 7) is 4.74. The van der Waals surface area contributed by atoms with Crippen LogP contribution in [0.4, 0.5) is 5.69 Å². The molecular weight excluding hydrogens is 196 g/mol. The number of hydrogen-bond acceptors (Lipinski definition) is 4. The number of hydrogen-bond donors (Lipinski definition) is 3. The van der Waals surface area contributed by atoms with E-state index in [-0.39, 0.29) is 6.54 Å². The molecule has 0 aliphatic rings. The Morgan fingerprint density at radius 3 is 2.80 bits per heavy atom. The summed E-state index contributed by atoms with van der Waals surface area (Å²) in [6, 6.07) is 0. The average Bonchev–Trinajstić information content (AvgIpc) is 2.39. The van der Waals surface area contributed by atoms with E-state index >= 15 is 0 Å². The molecule has 0 aromatic carbocycles. The summed E-state index contributed by atoms with van der Waals surface area (Å²) in [5.74, 6) is -0.897. The van der Waals surface area contributed by atoms with Gasteiger partial charge in [0.2, 0.25) is 0 Å². The van der Waals surface area contributed by atoms with E-state index in [1.165, 1.54) is 4.68 Å². The Kier molecular flexibility index (Phi) is 3.68. The molecule has 0 saturated heterocycles. The van der Waals surface area contributed by atoms with Crippen LogP contribution in [0.15, 0.2) is 0 Å². The molecule has 0 atom stereocenters. The van der Waals surface area contributed by atoms with E-state index in [9.17, 15) is 4.79 Å². The summed E-state index contributed by atoms with van der Waals surface area (Å²) in [5.41, 5.74) is 7.87. The van der Waals surface area contributed by atoms with Crippen molar-refractivity contribution >= 4 is 11.7 Å². The van der Waals surface area contributed by atoms with Gasteiger partial charge >= 0.3 is 5.97 Å². The molecule has 0 spiro atoms. The Hall–Kier alpha value is -1.56. The van der Waals surface area contributed by atoms with Crippen molar-refractivity contribution in [3.05, 3.63) is 11.4 Å². The molecule has 15 heavy (non-hydrogen) atoms. The van der Waals surface area contributed by atoms with Crippen molar-refractivity contribution in [2.75, 3.05) is 18.4 Å². The highest BCUT2D eigenvalue weighted by molar-refractivity contribution is 5.67. The van der Waals surface area contributed by atoms with E-state index in [0.717, 1.165) is 17.1 Å². The number of carboxylic acid groups (broad SMARTS) is 1. The van der Waals surface area contributed by atoms with Crippen molar-refractivity contribution in [1.29, 1.82) is 0 Å². The molecule has 6 heteroatoms. The molecule has 6 nitrogen and oxygen atoms in total. The van der Waals surface area contributed by atoms with E-state index in [1.54, 1.807) is 0 Å². The summed E-state index contributed by atoms with van der Waals surface area (Å²) < 4.78 is 1.47. The normalized spacial score (nSPS) is 10.3. The van der Waals surface area contributed by atoms with Crippen molar-refractivity contribution in [2.45, 2.75) is 20.4 Å². The van der Waals surface area contributed by atoms with Crippen LogP contribution in [0.2, 0.25) is 0 Å². The van der Waals surface area contributed by atoms with Gasteiger partial charge in [-0.25, -0.2) is 0 Å². The molecule has 84 valence electrons. The molecule has 4 N–H and O–H groups in total. The number of carbonyl (C=O) groups is 1. The van der Waals surface area contributed by atoms with Gasteiger partial charge in [0, 0.05) is 13.1 Å². The maximum Gasteiger partial charge on any atom is 0.325 e. The van der Waals surface area contributed by atoms with Crippen LogP contribution in [-0.2, 0) is 11.3 Å². The van der Waals surface area contributed by atoms with Crippen LogP contribution in [-0.4, -0.2) is 33.9 Å². The Bertz CT molecular complexity index is 359. The van der Waals surface area contributed by atoms with Crippen LogP contribution in [0.25, 0.3) is 0 Å². The van der Waals surface area contributed by atoms with Crippen LogP contribution in [0, 0.1) is 13.8 Å². The molecule has 0 fully saturated rings. The van der Waals surface area contributed by atoms with Gasteiger partial charge < -0.3 is 16.2 Å². The predicted octanol–water partition coefficient (Wildman–Crippen LogP) is -0.0449. The second-order valence-corrected chi connectivity index (χ2v) is 3.31. The van der Waals surface area contributed by atoms with Crippen molar-refractivity contribution in [1.82, 2.24) is 9.78 Å². The molecule has 1 aromatic rings. The zero-order valence-electron chi connectivity index (χ0n) is 8.95. The molecule has 0 unspecified atom stereocenters. The lowest BCUT2D eigenvalue weighted by molar-refractivity contribution is -0.137. The van der Waals surface area contributed by atoms with Crippen LogP contribution in [0.3, 0.4) is 0 Å². The first-order valence-electron chi connectivity index (χ1n) is 4.76. The highest BCUT2D eigenvalue weighted by Gasteiger charge is 2.12. The second kappa shape index (κ2) is 4.79. The maximum atomic E-state index is 10.6. The average molecular weight is 212 g/mol. The first kappa shape index (κ1) is 11.5. The minimum Gasteiger partial charge on any atom is -0.480 e. The van der Waals surface area contributed by atoms with E-state index in [0.29, 0.717) is 13.1 Å². The van der Waals surface area contributed by atoms with E-state index < -0.39 is 5.97 Å². The molecule has 0 aliphatic carbocycles. The van der Waals surface area contributed by atoms with Crippen molar-refractivity contribution < 1.29 is 9.90 Å². The fourth-order valence-corrected chi connectivity index (χ4v) is 1.43. The third-order valence-electron chi connectivity index (χ3n) is 2.11. The number of nitrogens with one attached hydrogen (secondary N) is 1. The van der Waals surface area contributed by atoms with Crippen molar-refractivity contribution in [3.8, 4) is 0 Å². The standard InChI is InChI=1S/C9H16N4O2/c1-6-9(11-4-3-10)7(2)13(12-6)5-8(14)15/h11H,3-5,10H2,1-2H3,(H,14,15). The van der Waals surface area contributed by atoms with Gasteiger partial charge in [-0.05, 0) is 13.8 Å². The van der Waals surface area contributed by atoms with Crippen LogP contribution in [0.1, 0.15) is 11.4 Å². The number of rotatable bonds is 5. The van der Waals surface area contributed by atoms with Crippen LogP contribution >= 0.6 is 0 Å².